The molecule has 0 aromatic carbocycles. The summed E-state index contributed by atoms with van der Waals surface area (Å²) in [6.07, 6.45) is -4.69. The Bertz CT molecular complexity index is 883. The third kappa shape index (κ3) is 3.10. The van der Waals surface area contributed by atoms with Crippen LogP contribution in [0, 0.1) is 0 Å². The molecule has 2 aromatic heterocycles. The predicted octanol–water partition coefficient (Wildman–Crippen LogP) is 0.250. The predicted molar refractivity (Wildman–Crippen MR) is 74.9 cm³/mol. The molecule has 0 fully saturated rings. The van der Waals surface area contributed by atoms with Gasteiger partial charge in [-0.15, -0.1) is 0 Å². The summed E-state index contributed by atoms with van der Waals surface area (Å²) in [5.41, 5.74) is -3.38. The van der Waals surface area contributed by atoms with Gasteiger partial charge < -0.3 is 5.32 Å². The molecular weight excluding hydrogens is 317 g/mol. The lowest BCUT2D eigenvalue weighted by Crippen LogP contribution is -2.43. The maximum atomic E-state index is 12.7. The van der Waals surface area contributed by atoms with Crippen LogP contribution in [0.3, 0.4) is 0 Å². The number of pyridine rings is 1. The molecule has 0 aliphatic carbocycles. The molecule has 124 valence electrons. The molecule has 2 aromatic rings. The van der Waals surface area contributed by atoms with Gasteiger partial charge in [0, 0.05) is 13.6 Å². The number of aryl methyl sites for hydroxylation is 1. The second-order valence-electron chi connectivity index (χ2n) is 4.75. The largest absolute Gasteiger partial charge is 0.433 e. The number of nitrogens with zero attached hydrogens (tertiary/aromatic N) is 3. The molecule has 23 heavy (non-hydrogen) atoms. The molecule has 0 aliphatic heterocycles. The third-order valence-electron chi connectivity index (χ3n) is 3.15. The second kappa shape index (κ2) is 5.86. The first-order chi connectivity index (χ1) is 10.7. The summed E-state index contributed by atoms with van der Waals surface area (Å²) in [7, 11) is 1.19. The Morgan fingerprint density at radius 2 is 1.96 bits per heavy atom. The van der Waals surface area contributed by atoms with Crippen LogP contribution in [0.1, 0.15) is 12.6 Å². The summed E-state index contributed by atoms with van der Waals surface area (Å²) < 4.78 is 39.6. The first-order valence-corrected chi connectivity index (χ1v) is 6.61. The highest BCUT2D eigenvalue weighted by Gasteiger charge is 2.33. The molecule has 0 aliphatic rings. The summed E-state index contributed by atoms with van der Waals surface area (Å²) in [5.74, 6) is -0.550. The monoisotopic (exact) mass is 330 g/mol. The Labute approximate surface area is 127 Å². The lowest BCUT2D eigenvalue weighted by atomic mass is 10.2. The van der Waals surface area contributed by atoms with Gasteiger partial charge in [-0.25, -0.2) is 9.78 Å². The van der Waals surface area contributed by atoms with E-state index in [1.807, 2.05) is 0 Å². The maximum Gasteiger partial charge on any atom is 0.433 e. The highest BCUT2D eigenvalue weighted by atomic mass is 19.4. The molecule has 0 radical (unpaired) electrons. The van der Waals surface area contributed by atoms with E-state index in [0.717, 1.165) is 10.6 Å². The van der Waals surface area contributed by atoms with Crippen molar-refractivity contribution < 1.29 is 18.0 Å². The van der Waals surface area contributed by atoms with Crippen molar-refractivity contribution in [2.45, 2.75) is 19.6 Å². The van der Waals surface area contributed by atoms with Gasteiger partial charge in [-0.05, 0) is 19.1 Å². The summed E-state index contributed by atoms with van der Waals surface area (Å²) >= 11 is 0. The zero-order chi connectivity index (χ0) is 17.4. The molecule has 1 N–H and O–H groups in total. The van der Waals surface area contributed by atoms with E-state index >= 15 is 0 Å². The number of halogens is 3. The number of amides is 1. The van der Waals surface area contributed by atoms with Crippen molar-refractivity contribution in [1.82, 2.24) is 19.4 Å². The highest BCUT2D eigenvalue weighted by molar-refractivity contribution is 5.77. The van der Waals surface area contributed by atoms with Crippen molar-refractivity contribution in [2.24, 2.45) is 7.05 Å². The Balaban J connectivity index is 2.69. The van der Waals surface area contributed by atoms with Gasteiger partial charge in [-0.2, -0.15) is 13.2 Å². The summed E-state index contributed by atoms with van der Waals surface area (Å²) in [5, 5.41) is 2.26. The number of hydrogen-bond acceptors (Lipinski definition) is 4. The first-order valence-electron chi connectivity index (χ1n) is 6.61. The molecule has 0 bridgehead atoms. The van der Waals surface area contributed by atoms with Gasteiger partial charge in [0.25, 0.3) is 5.56 Å². The molecule has 7 nitrogen and oxygen atoms in total. The van der Waals surface area contributed by atoms with Crippen LogP contribution in [0.2, 0.25) is 0 Å². The number of nitrogens with one attached hydrogen (secondary N) is 1. The number of fused-ring (bicyclic) bond motifs is 1. The minimum absolute atomic E-state index is 0.176. The van der Waals surface area contributed by atoms with E-state index in [-0.39, 0.29) is 11.0 Å². The molecule has 0 spiro atoms. The normalized spacial score (nSPS) is 11.7. The van der Waals surface area contributed by atoms with Crippen LogP contribution >= 0.6 is 0 Å². The zero-order valence-electron chi connectivity index (χ0n) is 12.3. The quantitative estimate of drug-likeness (QED) is 0.874. The van der Waals surface area contributed by atoms with Crippen molar-refractivity contribution >= 4 is 16.9 Å². The fourth-order valence-corrected chi connectivity index (χ4v) is 2.07. The van der Waals surface area contributed by atoms with E-state index in [9.17, 15) is 27.6 Å². The van der Waals surface area contributed by atoms with E-state index in [1.54, 1.807) is 6.92 Å². The Morgan fingerprint density at radius 1 is 1.30 bits per heavy atom. The van der Waals surface area contributed by atoms with Crippen LogP contribution in [0.5, 0.6) is 0 Å². The molecule has 2 rings (SSSR count). The van der Waals surface area contributed by atoms with Crippen molar-refractivity contribution in [3.05, 3.63) is 38.7 Å². The van der Waals surface area contributed by atoms with Gasteiger partial charge in [0.1, 0.15) is 17.9 Å². The summed E-state index contributed by atoms with van der Waals surface area (Å²) in [6.45, 7) is 1.47. The lowest BCUT2D eigenvalue weighted by Gasteiger charge is -2.12. The van der Waals surface area contributed by atoms with Crippen LogP contribution in [0.25, 0.3) is 11.0 Å². The van der Waals surface area contributed by atoms with E-state index in [1.165, 1.54) is 7.05 Å². The topological polar surface area (TPSA) is 86.0 Å². The van der Waals surface area contributed by atoms with Crippen molar-refractivity contribution in [3.63, 3.8) is 0 Å². The summed E-state index contributed by atoms with van der Waals surface area (Å²) in [4.78, 5) is 39.3. The van der Waals surface area contributed by atoms with Crippen LogP contribution in [-0.2, 0) is 24.6 Å². The molecular formula is C13H13F3N4O3. The first kappa shape index (κ1) is 16.7. The molecule has 0 saturated heterocycles. The Morgan fingerprint density at radius 3 is 2.52 bits per heavy atom. The number of aromatic nitrogens is 3. The number of rotatable bonds is 3. The zero-order valence-corrected chi connectivity index (χ0v) is 12.3. The number of alkyl halides is 3. The Hall–Kier alpha value is -2.65. The number of carbonyl (C=O) groups is 1. The molecule has 2 heterocycles. The van der Waals surface area contributed by atoms with E-state index < -0.39 is 35.6 Å². The smallest absolute Gasteiger partial charge is 0.355 e. The average molecular weight is 330 g/mol. The SMILES string of the molecule is CCNC(=O)Cn1c(=O)c2ccc(C(F)(F)F)nc2n(C)c1=O. The van der Waals surface area contributed by atoms with Crippen molar-refractivity contribution in [1.29, 1.82) is 0 Å². The fourth-order valence-electron chi connectivity index (χ4n) is 2.07. The average Bonchev–Trinajstić information content (AvgIpc) is 2.48. The van der Waals surface area contributed by atoms with Gasteiger partial charge in [-0.3, -0.25) is 18.7 Å². The van der Waals surface area contributed by atoms with Gasteiger partial charge in [0.05, 0.1) is 5.39 Å². The maximum absolute atomic E-state index is 12.7. The lowest BCUT2D eigenvalue weighted by molar-refractivity contribution is -0.141. The standard InChI is InChI=1S/C13H13F3N4O3/c1-3-17-9(21)6-20-11(22)7-4-5-8(13(14,15)16)18-10(7)19(2)12(20)23/h4-5H,3,6H2,1-2H3,(H,17,21). The third-order valence-corrected chi connectivity index (χ3v) is 3.15. The van der Waals surface area contributed by atoms with Crippen LogP contribution in [0.4, 0.5) is 13.2 Å². The van der Waals surface area contributed by atoms with Gasteiger partial charge in [0.2, 0.25) is 5.91 Å². The molecule has 10 heteroatoms. The minimum atomic E-state index is -4.69. The Kier molecular flexibility index (Phi) is 4.26. The summed E-state index contributed by atoms with van der Waals surface area (Å²) in [6, 6.07) is 1.60. The van der Waals surface area contributed by atoms with Gasteiger partial charge in [-0.1, -0.05) is 0 Å². The van der Waals surface area contributed by atoms with Crippen molar-refractivity contribution in [2.75, 3.05) is 6.54 Å². The van der Waals surface area contributed by atoms with Crippen LogP contribution in [0.15, 0.2) is 21.7 Å². The van der Waals surface area contributed by atoms with E-state index in [0.29, 0.717) is 17.2 Å². The van der Waals surface area contributed by atoms with Gasteiger partial charge >= 0.3 is 11.9 Å². The molecule has 0 atom stereocenters. The fraction of sp³-hybridized carbons (Fsp3) is 0.385. The number of hydrogen-bond donors (Lipinski definition) is 1. The molecule has 0 saturated carbocycles. The minimum Gasteiger partial charge on any atom is -0.355 e. The van der Waals surface area contributed by atoms with Crippen molar-refractivity contribution in [3.8, 4) is 0 Å². The number of carbonyl (C=O) groups excluding carboxylic acids is 1. The van der Waals surface area contributed by atoms with E-state index in [4.69, 9.17) is 0 Å². The molecule has 0 unspecified atom stereocenters. The van der Waals surface area contributed by atoms with Gasteiger partial charge in [0.15, 0.2) is 0 Å². The number of likely N-dealkylation sites (N-methyl/N-ethyl adjacent to an activating group) is 1. The van der Waals surface area contributed by atoms with E-state index in [2.05, 4.69) is 10.3 Å². The highest BCUT2D eigenvalue weighted by Crippen LogP contribution is 2.28. The second-order valence-corrected chi connectivity index (χ2v) is 4.75. The molecule has 1 amide bonds. The van der Waals surface area contributed by atoms with Crippen LogP contribution < -0.4 is 16.6 Å². The van der Waals surface area contributed by atoms with Crippen LogP contribution in [-0.4, -0.2) is 26.6 Å².